The largest absolute Gasteiger partial charge is 0.321 e. The summed E-state index contributed by atoms with van der Waals surface area (Å²) >= 11 is 7.23. The highest BCUT2D eigenvalue weighted by molar-refractivity contribution is 7.85. The Morgan fingerprint density at radius 3 is 1.02 bits per heavy atom. The highest BCUT2D eigenvalue weighted by Crippen LogP contribution is 2.35. The summed E-state index contributed by atoms with van der Waals surface area (Å²) in [5.74, 6) is 0. The molecule has 0 radical (unpaired) electrons. The lowest BCUT2D eigenvalue weighted by molar-refractivity contribution is 0.577. The van der Waals surface area contributed by atoms with Crippen molar-refractivity contribution in [1.29, 1.82) is 0 Å². The Kier molecular flexibility index (Phi) is 10.3. The van der Waals surface area contributed by atoms with E-state index >= 15 is 4.21 Å². The molecule has 5 aromatic carbocycles. The number of aryl methyl sites for hydroxylation is 12. The molecule has 5 rings (SSSR count). The Labute approximate surface area is 297 Å². The molecule has 6 heteroatoms. The third-order valence-corrected chi connectivity index (χ3v) is 29.1. The van der Waals surface area contributed by atoms with E-state index in [2.05, 4.69) is 132 Å². The molecule has 0 fully saturated rings. The van der Waals surface area contributed by atoms with Gasteiger partial charge in [0.1, 0.15) is 0 Å². The normalized spacial score (nSPS) is 12.8. The van der Waals surface area contributed by atoms with Crippen LogP contribution in [0.4, 0.5) is 0 Å². The second kappa shape index (κ2) is 13.7. The van der Waals surface area contributed by atoms with Gasteiger partial charge in [-0.05, 0) is 160 Å². The van der Waals surface area contributed by atoms with Crippen LogP contribution in [0.2, 0.25) is 0 Å². The zero-order valence-electron chi connectivity index (χ0n) is 30.6. The first-order valence-corrected chi connectivity index (χ1v) is 23.7. The third kappa shape index (κ3) is 6.13. The molecule has 1 atom stereocenters. The minimum Gasteiger partial charge on any atom is -0.321 e. The summed E-state index contributed by atoms with van der Waals surface area (Å²) in [5.41, 5.74) is 13.9. The van der Waals surface area contributed by atoms with Crippen LogP contribution in [0.5, 0.6) is 0 Å². The van der Waals surface area contributed by atoms with E-state index in [4.69, 9.17) is 15.0 Å². The van der Waals surface area contributed by atoms with Crippen LogP contribution in [-0.2, 0) is 15.0 Å². The zero-order chi connectivity index (χ0) is 35.3. The standard InChI is InChI=1S/C42H49ClO2SSi2/c1-26-18-30(5)39(31(6)19-26)47(43,40-32(7)20-27(2)21-33(40)8)48(41-34(9)22-28(3)23-35(41)10,42-36(11)24-29(4)25-37(42)12)45-46(44)38-16-14-13-15-17-38/h13-25H,1-12H3/t46-/m1/s1. The maximum Gasteiger partial charge on any atom is 0.290 e. The van der Waals surface area contributed by atoms with Gasteiger partial charge in [0, 0.05) is 0 Å². The lowest BCUT2D eigenvalue weighted by Crippen LogP contribution is -2.87. The molecule has 0 bridgehead atoms. The fourth-order valence-electron chi connectivity index (χ4n) is 8.70. The van der Waals surface area contributed by atoms with Crippen molar-refractivity contribution in [2.24, 2.45) is 0 Å². The molecule has 0 unspecified atom stereocenters. The van der Waals surface area contributed by atoms with E-state index in [1.807, 2.05) is 30.3 Å². The number of rotatable bonds is 8. The van der Waals surface area contributed by atoms with E-state index in [0.717, 1.165) is 54.9 Å². The van der Waals surface area contributed by atoms with Gasteiger partial charge in [-0.2, -0.15) is 11.1 Å². The molecular formula is C42H49ClO2SSi2. The monoisotopic (exact) mass is 708 g/mol. The maximum atomic E-state index is 15.0. The minimum absolute atomic E-state index is 0.641. The van der Waals surface area contributed by atoms with Gasteiger partial charge in [-0.25, -0.2) is 4.21 Å². The van der Waals surface area contributed by atoms with Crippen molar-refractivity contribution in [2.75, 3.05) is 0 Å². The second-order valence-corrected chi connectivity index (χ2v) is 27.4. The predicted molar refractivity (Wildman–Crippen MR) is 212 cm³/mol. The Morgan fingerprint density at radius 1 is 0.458 bits per heavy atom. The first-order valence-electron chi connectivity index (χ1n) is 16.7. The van der Waals surface area contributed by atoms with Gasteiger partial charge in [0.2, 0.25) is 6.90 Å². The second-order valence-electron chi connectivity index (χ2n) is 14.1. The van der Waals surface area contributed by atoms with Gasteiger partial charge in [-0.3, -0.25) is 0 Å². The minimum atomic E-state index is -3.81. The lowest BCUT2D eigenvalue weighted by Gasteiger charge is -2.48. The van der Waals surface area contributed by atoms with Gasteiger partial charge in [0.05, 0.1) is 4.90 Å². The van der Waals surface area contributed by atoms with Crippen molar-refractivity contribution >= 4 is 57.6 Å². The first kappa shape index (κ1) is 36.2. The summed E-state index contributed by atoms with van der Waals surface area (Å²) in [6, 6.07) is 27.7. The molecule has 0 aliphatic heterocycles. The van der Waals surface area contributed by atoms with Gasteiger partial charge in [0.15, 0.2) is 11.1 Å². The van der Waals surface area contributed by atoms with Crippen molar-refractivity contribution in [3.63, 3.8) is 0 Å². The lowest BCUT2D eigenvalue weighted by atomic mass is 10.1. The maximum absolute atomic E-state index is 15.0. The number of halogens is 1. The van der Waals surface area contributed by atoms with Crippen molar-refractivity contribution in [3.8, 4) is 0 Å². The van der Waals surface area contributed by atoms with Gasteiger partial charge in [0.25, 0.3) is 7.83 Å². The number of benzene rings is 5. The van der Waals surface area contributed by atoms with Crippen LogP contribution in [0.25, 0.3) is 0 Å². The van der Waals surface area contributed by atoms with Crippen LogP contribution in [0.1, 0.15) is 66.8 Å². The predicted octanol–water partition coefficient (Wildman–Crippen LogP) is 8.26. The van der Waals surface area contributed by atoms with E-state index in [1.165, 1.54) is 32.6 Å². The Bertz CT molecular complexity index is 1860. The van der Waals surface area contributed by atoms with Crippen LogP contribution in [0.15, 0.2) is 83.8 Å². The smallest absolute Gasteiger partial charge is 0.290 e. The fourth-order valence-corrected chi connectivity index (χ4v) is 33.3. The van der Waals surface area contributed by atoms with Crippen molar-refractivity contribution in [1.82, 2.24) is 0 Å². The molecule has 0 aromatic heterocycles. The van der Waals surface area contributed by atoms with E-state index < -0.39 is 25.8 Å². The van der Waals surface area contributed by atoms with Gasteiger partial charge in [-0.15, -0.1) is 0 Å². The van der Waals surface area contributed by atoms with Crippen LogP contribution >= 0.6 is 11.1 Å². The number of hydrogen-bond acceptors (Lipinski definition) is 2. The molecule has 0 aliphatic rings. The first-order chi connectivity index (χ1) is 22.5. The Morgan fingerprint density at radius 2 is 0.729 bits per heavy atom. The van der Waals surface area contributed by atoms with Crippen molar-refractivity contribution < 1.29 is 8.08 Å². The molecule has 0 heterocycles. The fraction of sp³-hybridized carbons (Fsp3) is 0.286. The highest BCUT2D eigenvalue weighted by atomic mass is 35.6. The Hall–Kier alpha value is -3.07. The molecule has 5 aromatic rings. The quantitative estimate of drug-likeness (QED) is 0.120. The molecule has 0 spiro atoms. The molecule has 2 nitrogen and oxygen atoms in total. The van der Waals surface area contributed by atoms with Gasteiger partial charge < -0.3 is 3.87 Å². The molecule has 0 aliphatic carbocycles. The van der Waals surface area contributed by atoms with Crippen LogP contribution in [0, 0.1) is 83.1 Å². The average Bonchev–Trinajstić information content (AvgIpc) is 2.95. The van der Waals surface area contributed by atoms with Crippen LogP contribution in [-0.4, -0.2) is 18.9 Å². The molecule has 0 N–H and O–H groups in total. The summed E-state index contributed by atoms with van der Waals surface area (Å²) in [6.07, 6.45) is 0. The molecule has 48 heavy (non-hydrogen) atoms. The van der Waals surface area contributed by atoms with Crippen molar-refractivity contribution in [3.05, 3.63) is 146 Å². The van der Waals surface area contributed by atoms with Gasteiger partial charge >= 0.3 is 0 Å². The molecule has 0 saturated heterocycles. The number of hydrogen-bond donors (Lipinski definition) is 0. The van der Waals surface area contributed by atoms with Crippen LogP contribution in [0.3, 0.4) is 0 Å². The summed E-state index contributed by atoms with van der Waals surface area (Å²) in [7, 11) is -3.81. The van der Waals surface area contributed by atoms with E-state index in [0.29, 0.717) is 4.90 Å². The molecule has 0 saturated carbocycles. The zero-order valence-corrected chi connectivity index (χ0v) is 34.2. The molecular weight excluding hydrogens is 660 g/mol. The highest BCUT2D eigenvalue weighted by Gasteiger charge is 2.66. The summed E-state index contributed by atoms with van der Waals surface area (Å²) in [5, 5.41) is 4.60. The van der Waals surface area contributed by atoms with E-state index in [9.17, 15) is 0 Å². The summed E-state index contributed by atoms with van der Waals surface area (Å²) in [6.45, 7) is 22.5. The topological polar surface area (TPSA) is 26.3 Å². The van der Waals surface area contributed by atoms with E-state index in [-0.39, 0.29) is 0 Å². The SMILES string of the molecule is Cc1cc(C)c([Si](Cl)(c2c(C)cc(C)cc2C)[Si](O[S@@](=O)c2ccccc2)(c2c(C)cc(C)cc2C)c2c(C)cc(C)cc2C)c(C)c1. The van der Waals surface area contributed by atoms with Crippen LogP contribution < -0.4 is 20.7 Å². The molecule has 0 amide bonds. The molecule has 250 valence electrons. The van der Waals surface area contributed by atoms with Crippen molar-refractivity contribution in [2.45, 2.75) is 88.0 Å². The summed E-state index contributed by atoms with van der Waals surface area (Å²) in [4.78, 5) is 0.641. The van der Waals surface area contributed by atoms with Gasteiger partial charge in [-0.1, -0.05) is 89.0 Å². The summed E-state index contributed by atoms with van der Waals surface area (Å²) < 4.78 is 22.7. The third-order valence-electron chi connectivity index (χ3n) is 9.72. The average molecular weight is 710 g/mol. The van der Waals surface area contributed by atoms with E-state index in [1.54, 1.807) is 0 Å². The Balaban J connectivity index is 2.18.